The molecule has 1 aliphatic heterocycles. The van der Waals surface area contributed by atoms with Crippen molar-refractivity contribution >= 4 is 11.6 Å². The van der Waals surface area contributed by atoms with Gasteiger partial charge in [0.2, 0.25) is 0 Å². The summed E-state index contributed by atoms with van der Waals surface area (Å²) in [6.45, 7) is 2.27. The first kappa shape index (κ1) is 13.8. The summed E-state index contributed by atoms with van der Waals surface area (Å²) in [6.07, 6.45) is -0.615. The molecule has 1 saturated heterocycles. The number of rotatable bonds is 2. The molecule has 0 aliphatic carbocycles. The van der Waals surface area contributed by atoms with E-state index >= 15 is 0 Å². The Kier molecular flexibility index (Phi) is 4.01. The van der Waals surface area contributed by atoms with Gasteiger partial charge in [-0.2, -0.15) is 0 Å². The summed E-state index contributed by atoms with van der Waals surface area (Å²) in [7, 11) is 0. The molecule has 1 fully saturated rings. The van der Waals surface area contributed by atoms with E-state index < -0.39 is 17.8 Å². The van der Waals surface area contributed by atoms with E-state index in [1.54, 1.807) is 6.92 Å². The van der Waals surface area contributed by atoms with E-state index in [1.807, 2.05) is 0 Å². The average Bonchev–Trinajstić information content (AvgIpc) is 2.37. The number of carbonyl (C=O) groups excluding carboxylic acids is 1. The van der Waals surface area contributed by atoms with E-state index in [9.17, 15) is 9.18 Å². The van der Waals surface area contributed by atoms with Gasteiger partial charge >= 0.3 is 0 Å². The molecule has 0 bridgehead atoms. The number of nitrogens with two attached hydrogens (primary N) is 1. The Morgan fingerprint density at radius 3 is 2.95 bits per heavy atom. The summed E-state index contributed by atoms with van der Waals surface area (Å²) in [5.41, 5.74) is 5.72. The summed E-state index contributed by atoms with van der Waals surface area (Å²) < 4.78 is 19.2. The van der Waals surface area contributed by atoms with E-state index in [1.165, 1.54) is 17.0 Å². The zero-order valence-corrected chi connectivity index (χ0v) is 10.7. The number of anilines is 1. The van der Waals surface area contributed by atoms with E-state index in [2.05, 4.69) is 0 Å². The molecule has 19 heavy (non-hydrogen) atoms. The molecule has 1 amide bonds. The van der Waals surface area contributed by atoms with Crippen molar-refractivity contribution in [3.63, 3.8) is 0 Å². The number of ether oxygens (including phenoxy) is 1. The molecule has 1 heterocycles. The van der Waals surface area contributed by atoms with Crippen molar-refractivity contribution in [2.45, 2.75) is 19.1 Å². The van der Waals surface area contributed by atoms with Crippen molar-refractivity contribution in [2.75, 3.05) is 25.4 Å². The number of aliphatic hydroxyl groups is 1. The lowest BCUT2D eigenvalue weighted by Gasteiger charge is -2.36. The number of morpholine rings is 1. The maximum absolute atomic E-state index is 13.7. The molecule has 0 aromatic heterocycles. The molecular formula is C13H17FN2O3. The number of nitrogen functional groups attached to an aromatic ring is 1. The van der Waals surface area contributed by atoms with E-state index in [0.717, 1.165) is 6.07 Å². The molecule has 1 aromatic carbocycles. The predicted molar refractivity (Wildman–Crippen MR) is 68.1 cm³/mol. The molecule has 0 radical (unpaired) electrons. The van der Waals surface area contributed by atoms with Crippen LogP contribution in [-0.4, -0.2) is 47.8 Å². The monoisotopic (exact) mass is 268 g/mol. The number of aliphatic hydroxyl groups excluding tert-OH is 1. The molecule has 104 valence electrons. The van der Waals surface area contributed by atoms with Crippen LogP contribution in [-0.2, 0) is 4.74 Å². The molecule has 5 nitrogen and oxygen atoms in total. The van der Waals surface area contributed by atoms with Gasteiger partial charge in [0.1, 0.15) is 5.82 Å². The molecule has 0 saturated carbocycles. The summed E-state index contributed by atoms with van der Waals surface area (Å²) in [6, 6.07) is 3.99. The number of nitrogens with zero attached hydrogens (tertiary/aromatic N) is 1. The van der Waals surface area contributed by atoms with Gasteiger partial charge in [-0.1, -0.05) is 0 Å². The Bertz CT molecular complexity index is 481. The SMILES string of the molecule is CC1CN(C(=O)c2ccc(N)cc2F)CC(CO)O1. The van der Waals surface area contributed by atoms with Crippen LogP contribution in [0.1, 0.15) is 17.3 Å². The Morgan fingerprint density at radius 2 is 2.32 bits per heavy atom. The molecule has 1 aliphatic rings. The number of carbonyl (C=O) groups is 1. The summed E-state index contributed by atoms with van der Waals surface area (Å²) in [5, 5.41) is 9.12. The van der Waals surface area contributed by atoms with Gasteiger partial charge in [0.15, 0.2) is 0 Å². The second-order valence-electron chi connectivity index (χ2n) is 4.70. The van der Waals surface area contributed by atoms with Crippen molar-refractivity contribution in [1.29, 1.82) is 0 Å². The van der Waals surface area contributed by atoms with Crippen molar-refractivity contribution in [3.8, 4) is 0 Å². The maximum atomic E-state index is 13.7. The molecule has 6 heteroatoms. The van der Waals surface area contributed by atoms with Crippen LogP contribution in [0.4, 0.5) is 10.1 Å². The molecular weight excluding hydrogens is 251 g/mol. The van der Waals surface area contributed by atoms with Crippen molar-refractivity contribution in [2.24, 2.45) is 0 Å². The standard InChI is InChI=1S/C13H17FN2O3/c1-8-5-16(6-10(7-17)19-8)13(18)11-3-2-9(15)4-12(11)14/h2-4,8,10,17H,5-7,15H2,1H3. The minimum Gasteiger partial charge on any atom is -0.399 e. The largest absolute Gasteiger partial charge is 0.399 e. The van der Waals surface area contributed by atoms with Crippen LogP contribution in [0.25, 0.3) is 0 Å². The lowest BCUT2D eigenvalue weighted by molar-refractivity contribution is -0.0859. The summed E-state index contributed by atoms with van der Waals surface area (Å²) in [4.78, 5) is 13.7. The zero-order valence-electron chi connectivity index (χ0n) is 10.7. The highest BCUT2D eigenvalue weighted by Crippen LogP contribution is 2.18. The molecule has 0 spiro atoms. The van der Waals surface area contributed by atoms with Crippen molar-refractivity contribution in [1.82, 2.24) is 4.90 Å². The Labute approximate surface area is 110 Å². The van der Waals surface area contributed by atoms with E-state index in [0.29, 0.717) is 6.54 Å². The number of halogens is 1. The van der Waals surface area contributed by atoms with Crippen LogP contribution < -0.4 is 5.73 Å². The molecule has 1 aromatic rings. The highest BCUT2D eigenvalue weighted by Gasteiger charge is 2.29. The normalized spacial score (nSPS) is 23.4. The summed E-state index contributed by atoms with van der Waals surface area (Å²) in [5.74, 6) is -1.05. The summed E-state index contributed by atoms with van der Waals surface area (Å²) >= 11 is 0. The quantitative estimate of drug-likeness (QED) is 0.771. The van der Waals surface area contributed by atoms with E-state index in [4.69, 9.17) is 15.6 Å². The van der Waals surface area contributed by atoms with E-state index in [-0.39, 0.29) is 30.5 Å². The van der Waals surface area contributed by atoms with Gasteiger partial charge in [-0.05, 0) is 25.1 Å². The van der Waals surface area contributed by atoms with Gasteiger partial charge in [-0.3, -0.25) is 4.79 Å². The Hall–Kier alpha value is -1.66. The van der Waals surface area contributed by atoms with Gasteiger partial charge in [0.25, 0.3) is 5.91 Å². The first-order valence-electron chi connectivity index (χ1n) is 6.12. The van der Waals surface area contributed by atoms with Crippen LogP contribution in [0.2, 0.25) is 0 Å². The predicted octanol–water partition coefficient (Wildman–Crippen LogP) is 0.630. The first-order chi connectivity index (χ1) is 9.01. The average molecular weight is 268 g/mol. The molecule has 3 N–H and O–H groups in total. The Balaban J connectivity index is 2.18. The zero-order chi connectivity index (χ0) is 14.0. The fourth-order valence-electron chi connectivity index (χ4n) is 2.19. The fraction of sp³-hybridized carbons (Fsp3) is 0.462. The lowest BCUT2D eigenvalue weighted by atomic mass is 10.1. The number of amides is 1. The number of hydrogen-bond donors (Lipinski definition) is 2. The fourth-order valence-corrected chi connectivity index (χ4v) is 2.19. The minimum atomic E-state index is -0.635. The number of hydrogen-bond acceptors (Lipinski definition) is 4. The van der Waals surface area contributed by atoms with Gasteiger partial charge in [0, 0.05) is 18.8 Å². The second kappa shape index (κ2) is 5.54. The highest BCUT2D eigenvalue weighted by atomic mass is 19.1. The van der Waals surface area contributed by atoms with Crippen molar-refractivity contribution < 1.29 is 19.0 Å². The van der Waals surface area contributed by atoms with Gasteiger partial charge < -0.3 is 20.5 Å². The lowest BCUT2D eigenvalue weighted by Crippen LogP contribution is -2.50. The number of benzene rings is 1. The smallest absolute Gasteiger partial charge is 0.257 e. The topological polar surface area (TPSA) is 75.8 Å². The van der Waals surface area contributed by atoms with Crippen LogP contribution in [0.15, 0.2) is 18.2 Å². The third kappa shape index (κ3) is 3.02. The van der Waals surface area contributed by atoms with Crippen LogP contribution in [0.5, 0.6) is 0 Å². The third-order valence-corrected chi connectivity index (χ3v) is 3.04. The second-order valence-corrected chi connectivity index (χ2v) is 4.70. The van der Waals surface area contributed by atoms with Gasteiger partial charge in [-0.15, -0.1) is 0 Å². The Morgan fingerprint density at radius 1 is 1.58 bits per heavy atom. The molecule has 2 rings (SSSR count). The molecule has 2 unspecified atom stereocenters. The van der Waals surface area contributed by atoms with Crippen LogP contribution in [0, 0.1) is 5.82 Å². The third-order valence-electron chi connectivity index (χ3n) is 3.04. The first-order valence-corrected chi connectivity index (χ1v) is 6.12. The van der Waals surface area contributed by atoms with Gasteiger partial charge in [-0.25, -0.2) is 4.39 Å². The maximum Gasteiger partial charge on any atom is 0.257 e. The molecule has 2 atom stereocenters. The minimum absolute atomic E-state index is 0.0139. The van der Waals surface area contributed by atoms with Gasteiger partial charge in [0.05, 0.1) is 24.4 Å². The van der Waals surface area contributed by atoms with Crippen LogP contribution in [0.3, 0.4) is 0 Å². The van der Waals surface area contributed by atoms with Crippen LogP contribution >= 0.6 is 0 Å². The van der Waals surface area contributed by atoms with Crippen molar-refractivity contribution in [3.05, 3.63) is 29.6 Å². The highest BCUT2D eigenvalue weighted by molar-refractivity contribution is 5.95.